The number of hydrogen-bond acceptors (Lipinski definition) is 11. The van der Waals surface area contributed by atoms with E-state index in [0.29, 0.717) is 81.4 Å². The summed E-state index contributed by atoms with van der Waals surface area (Å²) in [5.41, 5.74) is 6.08. The second kappa shape index (κ2) is 11.4. The van der Waals surface area contributed by atoms with Crippen molar-refractivity contribution in [2.45, 2.75) is 0 Å². The van der Waals surface area contributed by atoms with Gasteiger partial charge in [0.1, 0.15) is 11.6 Å². The van der Waals surface area contributed by atoms with Gasteiger partial charge in [0.05, 0.1) is 17.5 Å². The van der Waals surface area contributed by atoms with Crippen LogP contribution in [0.25, 0.3) is 17.4 Å². The standard InChI is InChI=1S/C25H28F2N10O3S/c26-17-15-18(27)19(14-16(17)22(38)36-9-12-41(39)13-10-36)35-7-5-34(6-8-35)4-3-29-24-31-23(28)37-25(32-24)30-21(33-37)20-2-1-11-40-20/h1-2,11,14-15H,3-10,12-13H2,(H3,28,29,30,31,32,33). The summed E-state index contributed by atoms with van der Waals surface area (Å²) in [7, 11) is -0.967. The molecule has 0 radical (unpaired) electrons. The van der Waals surface area contributed by atoms with Gasteiger partial charge in [-0.3, -0.25) is 13.9 Å². The first-order valence-corrected chi connectivity index (χ1v) is 14.6. The third-order valence-corrected chi connectivity index (χ3v) is 8.41. The summed E-state index contributed by atoms with van der Waals surface area (Å²) in [4.78, 5) is 31.4. The van der Waals surface area contributed by atoms with Crippen LogP contribution in [0.2, 0.25) is 0 Å². The summed E-state index contributed by atoms with van der Waals surface area (Å²) < 4.78 is 47.6. The third-order valence-electron chi connectivity index (χ3n) is 7.13. The van der Waals surface area contributed by atoms with E-state index in [1.165, 1.54) is 21.7 Å². The lowest BCUT2D eigenvalue weighted by molar-refractivity contribution is 0.0766. The van der Waals surface area contributed by atoms with Gasteiger partial charge < -0.3 is 25.3 Å². The van der Waals surface area contributed by atoms with Crippen LogP contribution in [-0.2, 0) is 10.8 Å². The van der Waals surface area contributed by atoms with Crippen LogP contribution in [0.4, 0.5) is 26.4 Å². The number of carbonyl (C=O) groups excluding carboxylic acids is 1. The highest BCUT2D eigenvalue weighted by atomic mass is 32.2. The molecule has 6 rings (SSSR count). The van der Waals surface area contributed by atoms with Crippen LogP contribution in [0.1, 0.15) is 10.4 Å². The van der Waals surface area contributed by atoms with Crippen molar-refractivity contribution in [3.63, 3.8) is 0 Å². The molecular formula is C25H28F2N10O3S. The summed E-state index contributed by atoms with van der Waals surface area (Å²) in [6, 6.07) is 5.55. The topological polar surface area (TPSA) is 151 Å². The molecule has 3 aromatic heterocycles. The maximum Gasteiger partial charge on any atom is 0.259 e. The Kier molecular flexibility index (Phi) is 7.49. The molecule has 16 heteroatoms. The van der Waals surface area contributed by atoms with Crippen LogP contribution in [0.15, 0.2) is 34.9 Å². The molecule has 41 heavy (non-hydrogen) atoms. The van der Waals surface area contributed by atoms with Gasteiger partial charge in [0.15, 0.2) is 5.76 Å². The highest BCUT2D eigenvalue weighted by molar-refractivity contribution is 7.85. The van der Waals surface area contributed by atoms with Crippen molar-refractivity contribution in [2.24, 2.45) is 0 Å². The predicted molar refractivity (Wildman–Crippen MR) is 148 cm³/mol. The molecule has 2 saturated heterocycles. The number of amides is 1. The summed E-state index contributed by atoms with van der Waals surface area (Å²) in [6.07, 6.45) is 1.53. The third kappa shape index (κ3) is 5.69. The molecule has 0 spiro atoms. The zero-order chi connectivity index (χ0) is 28.5. The van der Waals surface area contributed by atoms with E-state index >= 15 is 0 Å². The number of nitrogens with zero attached hydrogens (tertiary/aromatic N) is 8. The number of nitrogens with one attached hydrogen (secondary N) is 1. The van der Waals surface area contributed by atoms with Crippen molar-refractivity contribution >= 4 is 40.1 Å². The number of benzene rings is 1. The fraction of sp³-hybridized carbons (Fsp3) is 0.400. The van der Waals surface area contributed by atoms with Crippen molar-refractivity contribution in [3.8, 4) is 11.6 Å². The Labute approximate surface area is 235 Å². The number of hydrogen-bond donors (Lipinski definition) is 2. The normalized spacial score (nSPS) is 16.9. The Bertz CT molecular complexity index is 1580. The number of piperazine rings is 1. The Morgan fingerprint density at radius 2 is 1.83 bits per heavy atom. The average Bonchev–Trinajstić information content (AvgIpc) is 3.65. The van der Waals surface area contributed by atoms with Gasteiger partial charge >= 0.3 is 0 Å². The quantitative estimate of drug-likeness (QED) is 0.320. The summed E-state index contributed by atoms with van der Waals surface area (Å²) in [5, 5.41) is 7.43. The van der Waals surface area contributed by atoms with E-state index in [0.717, 1.165) is 6.07 Å². The van der Waals surface area contributed by atoms with Crippen LogP contribution in [0.3, 0.4) is 0 Å². The minimum absolute atomic E-state index is 0.130. The van der Waals surface area contributed by atoms with Crippen molar-refractivity contribution in [1.82, 2.24) is 34.4 Å². The minimum Gasteiger partial charge on any atom is -0.461 e. The minimum atomic E-state index is -0.967. The molecule has 216 valence electrons. The maximum atomic E-state index is 14.8. The molecular weight excluding hydrogens is 558 g/mol. The highest BCUT2D eigenvalue weighted by Crippen LogP contribution is 2.26. The molecule has 1 aromatic carbocycles. The Balaban J connectivity index is 1.04. The number of fused-ring (bicyclic) bond motifs is 1. The lowest BCUT2D eigenvalue weighted by Crippen LogP contribution is -2.48. The van der Waals surface area contributed by atoms with E-state index in [9.17, 15) is 17.8 Å². The fourth-order valence-electron chi connectivity index (χ4n) is 4.89. The first-order valence-electron chi connectivity index (χ1n) is 13.1. The first-order chi connectivity index (χ1) is 19.9. The van der Waals surface area contributed by atoms with E-state index in [1.54, 1.807) is 12.1 Å². The molecule has 5 heterocycles. The van der Waals surface area contributed by atoms with Crippen molar-refractivity contribution in [2.75, 3.05) is 79.8 Å². The van der Waals surface area contributed by atoms with Gasteiger partial charge in [-0.25, -0.2) is 8.78 Å². The predicted octanol–water partition coefficient (Wildman–Crippen LogP) is 1.08. The van der Waals surface area contributed by atoms with Gasteiger partial charge in [-0.2, -0.15) is 19.5 Å². The summed E-state index contributed by atoms with van der Waals surface area (Å²) in [6.45, 7) is 4.06. The number of aromatic nitrogens is 5. The van der Waals surface area contributed by atoms with E-state index in [1.807, 2.05) is 4.90 Å². The molecule has 1 amide bonds. The molecule has 2 aliphatic heterocycles. The van der Waals surface area contributed by atoms with Gasteiger partial charge in [-0.15, -0.1) is 5.10 Å². The van der Waals surface area contributed by atoms with E-state index in [4.69, 9.17) is 10.2 Å². The van der Waals surface area contributed by atoms with Crippen LogP contribution in [0.5, 0.6) is 0 Å². The van der Waals surface area contributed by atoms with Gasteiger partial charge in [0, 0.05) is 80.7 Å². The smallest absolute Gasteiger partial charge is 0.259 e. The molecule has 0 atom stereocenters. The summed E-state index contributed by atoms with van der Waals surface area (Å²) in [5.74, 6) is 0.198. The molecule has 0 unspecified atom stereocenters. The first kappa shape index (κ1) is 27.0. The molecule has 0 saturated carbocycles. The van der Waals surface area contributed by atoms with Crippen molar-refractivity contribution < 1.29 is 22.2 Å². The molecule has 3 N–H and O–H groups in total. The molecule has 13 nitrogen and oxygen atoms in total. The van der Waals surface area contributed by atoms with E-state index in [2.05, 4.69) is 30.3 Å². The number of rotatable bonds is 7. The average molecular weight is 587 g/mol. The molecule has 4 aromatic rings. The highest BCUT2D eigenvalue weighted by Gasteiger charge is 2.27. The Morgan fingerprint density at radius 1 is 1.05 bits per heavy atom. The Hall–Kier alpha value is -4.18. The number of furan rings is 1. The van der Waals surface area contributed by atoms with Gasteiger partial charge in [-0.1, -0.05) is 0 Å². The lowest BCUT2D eigenvalue weighted by atomic mass is 10.1. The lowest BCUT2D eigenvalue weighted by Gasteiger charge is -2.36. The van der Waals surface area contributed by atoms with Crippen molar-refractivity contribution in [1.29, 1.82) is 0 Å². The second-order valence-electron chi connectivity index (χ2n) is 9.71. The second-order valence-corrected chi connectivity index (χ2v) is 11.4. The fourth-order valence-corrected chi connectivity index (χ4v) is 5.94. The van der Waals surface area contributed by atoms with Gasteiger partial charge in [0.25, 0.3) is 11.7 Å². The summed E-state index contributed by atoms with van der Waals surface area (Å²) >= 11 is 0. The molecule has 2 fully saturated rings. The van der Waals surface area contributed by atoms with E-state index in [-0.39, 0.29) is 23.0 Å². The molecule has 0 bridgehead atoms. The number of carbonyl (C=O) groups is 1. The number of anilines is 3. The molecule has 0 aliphatic carbocycles. The van der Waals surface area contributed by atoms with Crippen LogP contribution in [-0.4, -0.2) is 108 Å². The van der Waals surface area contributed by atoms with Gasteiger partial charge in [-0.05, 0) is 18.2 Å². The van der Waals surface area contributed by atoms with Crippen molar-refractivity contribution in [3.05, 3.63) is 47.7 Å². The van der Waals surface area contributed by atoms with E-state index < -0.39 is 28.3 Å². The number of nitrogens with two attached hydrogens (primary N) is 1. The SMILES string of the molecule is Nc1nc(NCCN2CCN(c3cc(C(=O)N4CCS(=O)CC4)c(F)cc3F)CC2)nc2nc(-c3ccco3)nn12. The molecule has 2 aliphatic rings. The Morgan fingerprint density at radius 3 is 2.56 bits per heavy atom. The van der Waals surface area contributed by atoms with Crippen LogP contribution < -0.4 is 16.0 Å². The monoisotopic (exact) mass is 586 g/mol. The largest absolute Gasteiger partial charge is 0.461 e. The number of nitrogen functional groups attached to an aromatic ring is 1. The van der Waals surface area contributed by atoms with Crippen LogP contribution >= 0.6 is 0 Å². The van der Waals surface area contributed by atoms with Gasteiger partial charge in [0.2, 0.25) is 17.7 Å². The zero-order valence-electron chi connectivity index (χ0n) is 22.0. The number of halogens is 2. The maximum absolute atomic E-state index is 14.8. The zero-order valence-corrected chi connectivity index (χ0v) is 22.8. The van der Waals surface area contributed by atoms with Crippen LogP contribution in [0, 0.1) is 11.6 Å².